The summed E-state index contributed by atoms with van der Waals surface area (Å²) in [6.07, 6.45) is 5.36. The first kappa shape index (κ1) is 14.7. The number of alkyl carbamates (subject to hydrolysis) is 1. The second-order valence-electron chi connectivity index (χ2n) is 5.76. The van der Waals surface area contributed by atoms with Crippen LogP contribution in [0.1, 0.15) is 47.0 Å². The molecule has 1 saturated carbocycles. The van der Waals surface area contributed by atoms with Crippen LogP contribution in [0.25, 0.3) is 0 Å². The molecule has 0 aliphatic heterocycles. The average Bonchev–Trinajstić information content (AvgIpc) is 2.63. The van der Waals surface area contributed by atoms with Crippen LogP contribution in [0.5, 0.6) is 0 Å². The van der Waals surface area contributed by atoms with Gasteiger partial charge in [0.15, 0.2) is 5.78 Å². The average molecular weight is 253 g/mol. The van der Waals surface area contributed by atoms with Crippen molar-refractivity contribution in [3.8, 4) is 0 Å². The van der Waals surface area contributed by atoms with Gasteiger partial charge in [0, 0.05) is 12.0 Å². The zero-order chi connectivity index (χ0) is 13.8. The predicted octanol–water partition coefficient (Wildman–Crippen LogP) is 2.83. The van der Waals surface area contributed by atoms with Gasteiger partial charge in [-0.2, -0.15) is 0 Å². The molecule has 1 aliphatic rings. The van der Waals surface area contributed by atoms with Gasteiger partial charge in [-0.15, -0.1) is 0 Å². The lowest BCUT2D eigenvalue weighted by atomic mass is 10.0. The van der Waals surface area contributed by atoms with Crippen LogP contribution in [-0.4, -0.2) is 23.5 Å². The molecule has 4 nitrogen and oxygen atoms in total. The van der Waals surface area contributed by atoms with E-state index in [1.807, 2.05) is 27.7 Å². The highest BCUT2D eigenvalue weighted by Crippen LogP contribution is 2.27. The van der Waals surface area contributed by atoms with Gasteiger partial charge in [-0.3, -0.25) is 4.79 Å². The predicted molar refractivity (Wildman–Crippen MR) is 70.3 cm³/mol. The van der Waals surface area contributed by atoms with Crippen LogP contribution in [0, 0.1) is 5.92 Å². The van der Waals surface area contributed by atoms with Crippen LogP contribution < -0.4 is 5.32 Å². The number of amides is 1. The SMILES string of the molecule is C/C=C/C(=O)C1CCC(NC(=O)OC(C)(C)C)C1. The lowest BCUT2D eigenvalue weighted by Gasteiger charge is -2.21. The van der Waals surface area contributed by atoms with Crippen molar-refractivity contribution in [3.05, 3.63) is 12.2 Å². The van der Waals surface area contributed by atoms with E-state index in [2.05, 4.69) is 5.32 Å². The number of carbonyl (C=O) groups excluding carboxylic acids is 2. The Morgan fingerprint density at radius 3 is 2.50 bits per heavy atom. The molecule has 18 heavy (non-hydrogen) atoms. The van der Waals surface area contributed by atoms with Gasteiger partial charge in [-0.25, -0.2) is 4.79 Å². The number of hydrogen-bond donors (Lipinski definition) is 1. The van der Waals surface area contributed by atoms with Crippen LogP contribution in [0.4, 0.5) is 4.79 Å². The van der Waals surface area contributed by atoms with Gasteiger partial charge >= 0.3 is 6.09 Å². The zero-order valence-electron chi connectivity index (χ0n) is 11.7. The fourth-order valence-corrected chi connectivity index (χ4v) is 2.15. The molecule has 1 fully saturated rings. The third kappa shape index (κ3) is 4.90. The molecule has 0 heterocycles. The Morgan fingerprint density at radius 1 is 1.28 bits per heavy atom. The Kier molecular flexibility index (Phi) is 4.93. The first-order valence-electron chi connectivity index (χ1n) is 6.48. The Morgan fingerprint density at radius 2 is 1.94 bits per heavy atom. The third-order valence-corrected chi connectivity index (χ3v) is 2.89. The number of carbonyl (C=O) groups is 2. The van der Waals surface area contributed by atoms with Crippen molar-refractivity contribution in [2.24, 2.45) is 5.92 Å². The minimum absolute atomic E-state index is 0.0427. The minimum atomic E-state index is -0.483. The highest BCUT2D eigenvalue weighted by atomic mass is 16.6. The fraction of sp³-hybridized carbons (Fsp3) is 0.714. The van der Waals surface area contributed by atoms with Gasteiger partial charge in [-0.05, 0) is 53.0 Å². The van der Waals surface area contributed by atoms with E-state index in [4.69, 9.17) is 4.74 Å². The summed E-state index contributed by atoms with van der Waals surface area (Å²) < 4.78 is 5.19. The van der Waals surface area contributed by atoms with Gasteiger partial charge in [-0.1, -0.05) is 6.08 Å². The molecule has 1 amide bonds. The van der Waals surface area contributed by atoms with Crippen molar-refractivity contribution in [1.82, 2.24) is 5.32 Å². The van der Waals surface area contributed by atoms with Gasteiger partial charge in [0.05, 0.1) is 0 Å². The van der Waals surface area contributed by atoms with Gasteiger partial charge < -0.3 is 10.1 Å². The molecule has 0 radical (unpaired) electrons. The number of nitrogens with one attached hydrogen (secondary N) is 1. The molecule has 0 saturated heterocycles. The van der Waals surface area contributed by atoms with Crippen LogP contribution in [0.15, 0.2) is 12.2 Å². The number of ketones is 1. The number of rotatable bonds is 3. The van der Waals surface area contributed by atoms with Crippen molar-refractivity contribution >= 4 is 11.9 Å². The first-order valence-corrected chi connectivity index (χ1v) is 6.48. The second kappa shape index (κ2) is 6.03. The molecule has 1 N–H and O–H groups in total. The summed E-state index contributed by atoms with van der Waals surface area (Å²) in [7, 11) is 0. The standard InChI is InChI=1S/C14H23NO3/c1-5-6-12(16)10-7-8-11(9-10)15-13(17)18-14(2,3)4/h5-6,10-11H,7-9H2,1-4H3,(H,15,17)/b6-5+. The normalized spacial score (nSPS) is 24.2. The summed E-state index contributed by atoms with van der Waals surface area (Å²) in [6, 6.07) is 0.0547. The zero-order valence-corrected chi connectivity index (χ0v) is 11.7. The van der Waals surface area contributed by atoms with E-state index >= 15 is 0 Å². The molecule has 102 valence electrons. The van der Waals surface area contributed by atoms with Crippen molar-refractivity contribution < 1.29 is 14.3 Å². The fourth-order valence-electron chi connectivity index (χ4n) is 2.15. The van der Waals surface area contributed by atoms with E-state index < -0.39 is 11.7 Å². The molecule has 0 aromatic carbocycles. The van der Waals surface area contributed by atoms with Crippen molar-refractivity contribution in [3.63, 3.8) is 0 Å². The topological polar surface area (TPSA) is 55.4 Å². The third-order valence-electron chi connectivity index (χ3n) is 2.89. The molecule has 1 aliphatic carbocycles. The smallest absolute Gasteiger partial charge is 0.407 e. The summed E-state index contributed by atoms with van der Waals surface area (Å²) in [6.45, 7) is 7.34. The van der Waals surface area contributed by atoms with E-state index in [0.29, 0.717) is 6.42 Å². The van der Waals surface area contributed by atoms with E-state index in [1.165, 1.54) is 0 Å². The van der Waals surface area contributed by atoms with Gasteiger partial charge in [0.2, 0.25) is 0 Å². The van der Waals surface area contributed by atoms with Crippen molar-refractivity contribution in [2.75, 3.05) is 0 Å². The lowest BCUT2D eigenvalue weighted by Crippen LogP contribution is -2.38. The maximum atomic E-state index is 11.7. The summed E-state index contributed by atoms with van der Waals surface area (Å²) >= 11 is 0. The summed E-state index contributed by atoms with van der Waals surface area (Å²) in [4.78, 5) is 23.3. The van der Waals surface area contributed by atoms with Gasteiger partial charge in [0.1, 0.15) is 5.60 Å². The first-order chi connectivity index (χ1) is 8.31. The van der Waals surface area contributed by atoms with E-state index in [9.17, 15) is 9.59 Å². The van der Waals surface area contributed by atoms with Crippen LogP contribution >= 0.6 is 0 Å². The van der Waals surface area contributed by atoms with E-state index in [1.54, 1.807) is 12.2 Å². The highest BCUT2D eigenvalue weighted by Gasteiger charge is 2.30. The quantitative estimate of drug-likeness (QED) is 0.787. The van der Waals surface area contributed by atoms with E-state index in [0.717, 1.165) is 12.8 Å². The summed E-state index contributed by atoms with van der Waals surface area (Å²) in [5, 5.41) is 2.82. The largest absolute Gasteiger partial charge is 0.444 e. The molecule has 0 spiro atoms. The second-order valence-corrected chi connectivity index (χ2v) is 5.76. The van der Waals surface area contributed by atoms with Crippen LogP contribution in [0.2, 0.25) is 0 Å². The Bertz CT molecular complexity index is 341. The lowest BCUT2D eigenvalue weighted by molar-refractivity contribution is -0.118. The molecule has 0 aromatic heterocycles. The van der Waals surface area contributed by atoms with Gasteiger partial charge in [0.25, 0.3) is 0 Å². The molecule has 2 atom stereocenters. The maximum Gasteiger partial charge on any atom is 0.407 e. The Hall–Kier alpha value is -1.32. The van der Waals surface area contributed by atoms with Crippen molar-refractivity contribution in [1.29, 1.82) is 0 Å². The number of hydrogen-bond acceptors (Lipinski definition) is 3. The van der Waals surface area contributed by atoms with E-state index in [-0.39, 0.29) is 17.7 Å². The molecule has 4 heteroatoms. The minimum Gasteiger partial charge on any atom is -0.444 e. The molecular formula is C14H23NO3. The molecule has 0 bridgehead atoms. The number of ether oxygens (including phenoxy) is 1. The Labute approximate surface area is 109 Å². The molecule has 2 unspecified atom stereocenters. The molecule has 0 aromatic rings. The monoisotopic (exact) mass is 253 g/mol. The van der Waals surface area contributed by atoms with Crippen molar-refractivity contribution in [2.45, 2.75) is 58.6 Å². The maximum absolute atomic E-state index is 11.7. The summed E-state index contributed by atoms with van der Waals surface area (Å²) in [5.41, 5.74) is -0.483. The highest BCUT2D eigenvalue weighted by molar-refractivity contribution is 5.91. The van der Waals surface area contributed by atoms with Crippen LogP contribution in [-0.2, 0) is 9.53 Å². The number of allylic oxidation sites excluding steroid dienone is 2. The molecule has 1 rings (SSSR count). The van der Waals surface area contributed by atoms with Crippen LogP contribution in [0.3, 0.4) is 0 Å². The molecular weight excluding hydrogens is 230 g/mol. The summed E-state index contributed by atoms with van der Waals surface area (Å²) in [5.74, 6) is 0.201. The Balaban J connectivity index is 2.39.